The van der Waals surface area contributed by atoms with Gasteiger partial charge in [-0.15, -0.1) is 0 Å². The number of halogens is 2. The Labute approximate surface area is 98.8 Å². The van der Waals surface area contributed by atoms with Gasteiger partial charge >= 0.3 is 0 Å². The molecule has 0 saturated heterocycles. The molecule has 0 saturated carbocycles. The van der Waals surface area contributed by atoms with E-state index in [0.29, 0.717) is 12.2 Å². The summed E-state index contributed by atoms with van der Waals surface area (Å²) in [5.74, 6) is 5.71. The molecular formula is C10H10Cl2N2O. The maximum Gasteiger partial charge on any atom is 0.223 e. The summed E-state index contributed by atoms with van der Waals surface area (Å²) < 4.78 is 5.24. The molecule has 0 bridgehead atoms. The molecule has 0 spiro atoms. The molecule has 80 valence electrons. The molecule has 1 aromatic rings. The Balaban J connectivity index is 2.80. The minimum atomic E-state index is -0.137. The van der Waals surface area contributed by atoms with Gasteiger partial charge in [0.2, 0.25) is 5.28 Å². The molecule has 0 N–H and O–H groups in total. The fourth-order valence-corrected chi connectivity index (χ4v) is 1.25. The highest BCUT2D eigenvalue weighted by Crippen LogP contribution is 2.12. The smallest absolute Gasteiger partial charge is 0.223 e. The Kier molecular flexibility index (Phi) is 4.83. The Hall–Kier alpha value is -0.820. The summed E-state index contributed by atoms with van der Waals surface area (Å²) in [7, 11) is 0. The first-order chi connectivity index (χ1) is 7.13. The SMILES string of the molecule is CCOC(C)C#Cc1cnc(Cl)nc1Cl. The third-order valence-corrected chi connectivity index (χ3v) is 2.01. The van der Waals surface area contributed by atoms with E-state index >= 15 is 0 Å². The van der Waals surface area contributed by atoms with Gasteiger partial charge in [-0.3, -0.25) is 0 Å². The van der Waals surface area contributed by atoms with Crippen molar-refractivity contribution >= 4 is 23.2 Å². The largest absolute Gasteiger partial charge is 0.366 e. The van der Waals surface area contributed by atoms with Gasteiger partial charge in [0.25, 0.3) is 0 Å². The quantitative estimate of drug-likeness (QED) is 0.456. The number of hydrogen-bond acceptors (Lipinski definition) is 3. The topological polar surface area (TPSA) is 35.0 Å². The fraction of sp³-hybridized carbons (Fsp3) is 0.400. The summed E-state index contributed by atoms with van der Waals surface area (Å²) in [4.78, 5) is 7.56. The van der Waals surface area contributed by atoms with Crippen molar-refractivity contribution < 1.29 is 4.74 Å². The number of aromatic nitrogens is 2. The summed E-state index contributed by atoms with van der Waals surface area (Å²) in [5, 5.41) is 0.370. The van der Waals surface area contributed by atoms with Gasteiger partial charge in [0.1, 0.15) is 11.3 Å². The molecule has 0 radical (unpaired) electrons. The molecule has 0 aliphatic carbocycles. The number of hydrogen-bond donors (Lipinski definition) is 0. The zero-order valence-electron chi connectivity index (χ0n) is 8.42. The summed E-state index contributed by atoms with van der Waals surface area (Å²) >= 11 is 11.4. The molecule has 1 unspecified atom stereocenters. The Morgan fingerprint density at radius 1 is 1.53 bits per heavy atom. The lowest BCUT2D eigenvalue weighted by Gasteiger charge is -2.01. The van der Waals surface area contributed by atoms with Gasteiger partial charge in [-0.1, -0.05) is 23.4 Å². The summed E-state index contributed by atoms with van der Waals surface area (Å²) in [6, 6.07) is 0. The molecule has 1 heterocycles. The normalized spacial score (nSPS) is 11.7. The Morgan fingerprint density at radius 3 is 2.87 bits per heavy atom. The van der Waals surface area contributed by atoms with Crippen molar-refractivity contribution in [2.75, 3.05) is 6.61 Å². The van der Waals surface area contributed by atoms with Crippen LogP contribution in [0.1, 0.15) is 19.4 Å². The first-order valence-electron chi connectivity index (χ1n) is 4.44. The van der Waals surface area contributed by atoms with E-state index in [4.69, 9.17) is 27.9 Å². The van der Waals surface area contributed by atoms with Gasteiger partial charge in [0, 0.05) is 12.8 Å². The van der Waals surface area contributed by atoms with Crippen LogP contribution in [0, 0.1) is 11.8 Å². The van der Waals surface area contributed by atoms with Crippen LogP contribution in [0.25, 0.3) is 0 Å². The van der Waals surface area contributed by atoms with Crippen LogP contribution in [-0.2, 0) is 4.74 Å². The van der Waals surface area contributed by atoms with Gasteiger partial charge in [-0.25, -0.2) is 9.97 Å². The molecule has 0 amide bonds. The molecule has 1 aromatic heterocycles. The highest BCUT2D eigenvalue weighted by Gasteiger charge is 2.01. The molecular weight excluding hydrogens is 235 g/mol. The van der Waals surface area contributed by atoms with Gasteiger partial charge in [-0.05, 0) is 25.4 Å². The van der Waals surface area contributed by atoms with E-state index in [1.54, 1.807) is 0 Å². The van der Waals surface area contributed by atoms with Gasteiger partial charge in [0.05, 0.1) is 5.56 Å². The highest BCUT2D eigenvalue weighted by molar-refractivity contribution is 6.32. The third kappa shape index (κ3) is 4.05. The molecule has 0 aliphatic rings. The average Bonchev–Trinajstić information content (AvgIpc) is 2.17. The fourth-order valence-electron chi connectivity index (χ4n) is 0.896. The van der Waals surface area contributed by atoms with E-state index in [2.05, 4.69) is 21.8 Å². The maximum atomic E-state index is 5.81. The number of ether oxygens (including phenoxy) is 1. The Bertz CT molecular complexity index is 398. The molecule has 1 atom stereocenters. The van der Waals surface area contributed by atoms with E-state index in [-0.39, 0.29) is 16.5 Å². The van der Waals surface area contributed by atoms with Crippen LogP contribution in [-0.4, -0.2) is 22.7 Å². The second-order valence-corrected chi connectivity index (χ2v) is 3.41. The molecule has 0 aromatic carbocycles. The predicted octanol–water partition coefficient (Wildman–Crippen LogP) is 2.56. The van der Waals surface area contributed by atoms with Gasteiger partial charge < -0.3 is 4.74 Å². The predicted molar refractivity (Wildman–Crippen MR) is 60.0 cm³/mol. The third-order valence-electron chi connectivity index (χ3n) is 1.54. The van der Waals surface area contributed by atoms with Crippen molar-refractivity contribution in [3.63, 3.8) is 0 Å². The lowest BCUT2D eigenvalue weighted by molar-refractivity contribution is 0.116. The minimum Gasteiger partial charge on any atom is -0.366 e. The molecule has 0 fully saturated rings. The molecule has 5 heteroatoms. The van der Waals surface area contributed by atoms with Gasteiger partial charge in [-0.2, -0.15) is 0 Å². The van der Waals surface area contributed by atoms with Crippen LogP contribution in [0.15, 0.2) is 6.20 Å². The monoisotopic (exact) mass is 244 g/mol. The minimum absolute atomic E-state index is 0.114. The van der Waals surface area contributed by atoms with Crippen molar-refractivity contribution in [1.29, 1.82) is 0 Å². The second-order valence-electron chi connectivity index (χ2n) is 2.71. The first kappa shape index (κ1) is 12.3. The zero-order valence-corrected chi connectivity index (χ0v) is 9.93. The van der Waals surface area contributed by atoms with Crippen LogP contribution >= 0.6 is 23.2 Å². The van der Waals surface area contributed by atoms with Crippen molar-refractivity contribution in [2.45, 2.75) is 20.0 Å². The van der Waals surface area contributed by atoms with Crippen molar-refractivity contribution in [3.8, 4) is 11.8 Å². The van der Waals surface area contributed by atoms with Crippen LogP contribution in [0.4, 0.5) is 0 Å². The van der Waals surface area contributed by atoms with E-state index < -0.39 is 0 Å². The average molecular weight is 245 g/mol. The van der Waals surface area contributed by atoms with Crippen LogP contribution < -0.4 is 0 Å². The first-order valence-corrected chi connectivity index (χ1v) is 5.20. The molecule has 3 nitrogen and oxygen atoms in total. The lowest BCUT2D eigenvalue weighted by atomic mass is 10.3. The zero-order chi connectivity index (χ0) is 11.3. The van der Waals surface area contributed by atoms with Crippen LogP contribution in [0.2, 0.25) is 10.4 Å². The van der Waals surface area contributed by atoms with Crippen molar-refractivity contribution in [3.05, 3.63) is 22.2 Å². The summed E-state index contributed by atoms with van der Waals surface area (Å²) in [6.45, 7) is 4.40. The Morgan fingerprint density at radius 2 is 2.27 bits per heavy atom. The number of nitrogens with zero attached hydrogens (tertiary/aromatic N) is 2. The lowest BCUT2D eigenvalue weighted by Crippen LogP contribution is -2.04. The highest BCUT2D eigenvalue weighted by atomic mass is 35.5. The molecule has 1 rings (SSSR count). The standard InChI is InChI=1S/C10H10Cl2N2O/c1-3-15-7(2)4-5-8-6-13-10(12)14-9(8)11/h6-7H,3H2,1-2H3. The van der Waals surface area contributed by atoms with E-state index in [1.165, 1.54) is 6.20 Å². The van der Waals surface area contributed by atoms with E-state index in [0.717, 1.165) is 0 Å². The second kappa shape index (κ2) is 5.92. The maximum absolute atomic E-state index is 5.81. The van der Waals surface area contributed by atoms with Gasteiger partial charge in [0.15, 0.2) is 0 Å². The summed E-state index contributed by atoms with van der Waals surface area (Å²) in [5.41, 5.74) is 0.549. The van der Waals surface area contributed by atoms with E-state index in [9.17, 15) is 0 Å². The molecule has 15 heavy (non-hydrogen) atoms. The van der Waals surface area contributed by atoms with E-state index in [1.807, 2.05) is 13.8 Å². The molecule has 0 aliphatic heterocycles. The van der Waals surface area contributed by atoms with Crippen molar-refractivity contribution in [2.24, 2.45) is 0 Å². The van der Waals surface area contributed by atoms with Crippen LogP contribution in [0.3, 0.4) is 0 Å². The number of rotatable bonds is 2. The van der Waals surface area contributed by atoms with Crippen molar-refractivity contribution in [1.82, 2.24) is 9.97 Å². The summed E-state index contributed by atoms with van der Waals surface area (Å²) in [6.07, 6.45) is 1.35. The van der Waals surface area contributed by atoms with Crippen LogP contribution in [0.5, 0.6) is 0 Å².